The normalized spacial score (nSPS) is 13.0. The van der Waals surface area contributed by atoms with E-state index < -0.39 is 16.1 Å². The highest BCUT2D eigenvalue weighted by Gasteiger charge is 2.22. The van der Waals surface area contributed by atoms with Crippen LogP contribution in [0.1, 0.15) is 17.7 Å². The third-order valence-electron chi connectivity index (χ3n) is 3.49. The number of benzene rings is 1. The summed E-state index contributed by atoms with van der Waals surface area (Å²) in [7, 11) is -3.75. The molecule has 1 aromatic heterocycles. The topological polar surface area (TPSA) is 88.4 Å². The van der Waals surface area contributed by atoms with Crippen LogP contribution in [-0.2, 0) is 21.4 Å². The van der Waals surface area contributed by atoms with Crippen LogP contribution in [0.5, 0.6) is 0 Å². The quantitative estimate of drug-likeness (QED) is 0.647. The summed E-state index contributed by atoms with van der Waals surface area (Å²) >= 11 is 1.55. The second-order valence-electron chi connectivity index (χ2n) is 5.51. The lowest BCUT2D eigenvalue weighted by molar-refractivity contribution is -0.123. The molecule has 0 aliphatic rings. The molecule has 0 aliphatic heterocycles. The van der Waals surface area contributed by atoms with E-state index in [1.54, 1.807) is 36.0 Å². The summed E-state index contributed by atoms with van der Waals surface area (Å²) in [5.74, 6) is 0.880. The minimum Gasteiger partial charge on any atom is -0.467 e. The van der Waals surface area contributed by atoms with Gasteiger partial charge in [-0.2, -0.15) is 16.5 Å². The lowest BCUT2D eigenvalue weighted by atomic mass is 10.2. The van der Waals surface area contributed by atoms with Gasteiger partial charge >= 0.3 is 0 Å². The molecule has 0 aliphatic carbocycles. The molecule has 0 radical (unpaired) electrons. The molecule has 2 aromatic rings. The Bertz CT molecular complexity index is 803. The summed E-state index contributed by atoms with van der Waals surface area (Å²) in [6.07, 6.45) is 5.31. The van der Waals surface area contributed by atoms with Gasteiger partial charge in [0.25, 0.3) is 0 Å². The van der Waals surface area contributed by atoms with Gasteiger partial charge < -0.3 is 9.73 Å². The summed E-state index contributed by atoms with van der Waals surface area (Å²) in [5.41, 5.74) is 0.765. The van der Waals surface area contributed by atoms with Crippen molar-refractivity contribution in [1.82, 2.24) is 10.0 Å². The lowest BCUT2D eigenvalue weighted by Crippen LogP contribution is -2.46. The first-order chi connectivity index (χ1) is 12.5. The number of amides is 1. The number of hydrogen-bond donors (Lipinski definition) is 2. The zero-order valence-corrected chi connectivity index (χ0v) is 16.1. The molecule has 0 saturated heterocycles. The molecule has 8 heteroatoms. The predicted molar refractivity (Wildman–Crippen MR) is 105 cm³/mol. The summed E-state index contributed by atoms with van der Waals surface area (Å²) < 4.78 is 32.2. The molecule has 1 amide bonds. The molecule has 0 spiro atoms. The monoisotopic (exact) mass is 394 g/mol. The van der Waals surface area contributed by atoms with Crippen LogP contribution in [0.15, 0.2) is 58.6 Å². The Morgan fingerprint density at radius 3 is 2.65 bits per heavy atom. The van der Waals surface area contributed by atoms with Crippen molar-refractivity contribution >= 4 is 33.8 Å². The number of nitrogens with one attached hydrogen (secondary N) is 2. The minimum atomic E-state index is -3.75. The molecule has 0 fully saturated rings. The number of sulfonamides is 1. The van der Waals surface area contributed by atoms with Crippen molar-refractivity contribution in [2.75, 3.05) is 12.0 Å². The van der Waals surface area contributed by atoms with Crippen LogP contribution in [-0.4, -0.2) is 32.4 Å². The largest absolute Gasteiger partial charge is 0.467 e. The second-order valence-corrected chi connectivity index (χ2v) is 8.09. The lowest BCUT2D eigenvalue weighted by Gasteiger charge is -2.16. The van der Waals surface area contributed by atoms with Gasteiger partial charge in [0.15, 0.2) is 0 Å². The molecule has 1 atom stereocenters. The van der Waals surface area contributed by atoms with E-state index in [9.17, 15) is 13.2 Å². The molecule has 0 bridgehead atoms. The van der Waals surface area contributed by atoms with Crippen LogP contribution in [0.3, 0.4) is 0 Å². The minimum absolute atomic E-state index is 0.211. The van der Waals surface area contributed by atoms with Crippen LogP contribution < -0.4 is 10.0 Å². The highest BCUT2D eigenvalue weighted by Crippen LogP contribution is 2.07. The van der Waals surface area contributed by atoms with E-state index in [0.717, 1.165) is 11.0 Å². The summed E-state index contributed by atoms with van der Waals surface area (Å²) in [5, 5.41) is 3.78. The van der Waals surface area contributed by atoms with Crippen molar-refractivity contribution in [3.8, 4) is 0 Å². The molecule has 1 aromatic carbocycles. The van der Waals surface area contributed by atoms with Gasteiger partial charge in [-0.3, -0.25) is 4.79 Å². The number of hydrogen-bond acceptors (Lipinski definition) is 5. The van der Waals surface area contributed by atoms with Crippen LogP contribution >= 0.6 is 11.8 Å². The van der Waals surface area contributed by atoms with E-state index in [2.05, 4.69) is 10.0 Å². The maximum absolute atomic E-state index is 12.4. The Labute approximate surface area is 158 Å². The van der Waals surface area contributed by atoms with Crippen LogP contribution in [0, 0.1) is 0 Å². The molecular weight excluding hydrogens is 372 g/mol. The molecule has 6 nitrogen and oxygen atoms in total. The molecule has 140 valence electrons. The average molecular weight is 395 g/mol. The van der Waals surface area contributed by atoms with E-state index in [4.69, 9.17) is 4.42 Å². The van der Waals surface area contributed by atoms with Crippen LogP contribution in [0.2, 0.25) is 0 Å². The first-order valence-corrected chi connectivity index (χ1v) is 11.0. The molecule has 2 rings (SSSR count). The van der Waals surface area contributed by atoms with Gasteiger partial charge in [-0.25, -0.2) is 8.42 Å². The maximum atomic E-state index is 12.4. The van der Waals surface area contributed by atoms with Crippen molar-refractivity contribution in [3.05, 3.63) is 65.5 Å². The molecule has 2 N–H and O–H groups in total. The predicted octanol–water partition coefficient (Wildman–Crippen LogP) is 2.61. The first kappa shape index (κ1) is 20.3. The molecule has 26 heavy (non-hydrogen) atoms. The van der Waals surface area contributed by atoms with E-state index in [1.807, 2.05) is 24.5 Å². The van der Waals surface area contributed by atoms with Gasteiger partial charge in [0.1, 0.15) is 11.8 Å². The van der Waals surface area contributed by atoms with Crippen molar-refractivity contribution in [3.63, 3.8) is 0 Å². The number of thioether (sulfide) groups is 1. The number of carbonyl (C=O) groups is 1. The zero-order chi connectivity index (χ0) is 18.8. The maximum Gasteiger partial charge on any atom is 0.238 e. The summed E-state index contributed by atoms with van der Waals surface area (Å²) in [6, 6.07) is 11.7. The highest BCUT2D eigenvalue weighted by atomic mass is 32.2. The van der Waals surface area contributed by atoms with Crippen molar-refractivity contribution < 1.29 is 17.6 Å². The Kier molecular flexibility index (Phi) is 7.96. The van der Waals surface area contributed by atoms with Crippen molar-refractivity contribution in [2.24, 2.45) is 0 Å². The Morgan fingerprint density at radius 1 is 1.23 bits per heavy atom. The van der Waals surface area contributed by atoms with Crippen LogP contribution in [0.25, 0.3) is 6.08 Å². The summed E-state index contributed by atoms with van der Waals surface area (Å²) in [6.45, 7) is 0.211. The van der Waals surface area contributed by atoms with E-state index >= 15 is 0 Å². The standard InChI is InChI=1S/C18H22N2O4S2/c1-25-12-9-17(18(21)19-14-16-8-5-11-24-16)20-26(22,23)13-10-15-6-3-2-4-7-15/h2-8,10-11,13,17,20H,9,12,14H2,1H3,(H,19,21)/b13-10+. The third-order valence-corrected chi connectivity index (χ3v) is 5.24. The number of furan rings is 1. The fraction of sp³-hybridized carbons (Fsp3) is 0.278. The van der Waals surface area contributed by atoms with E-state index in [0.29, 0.717) is 17.9 Å². The van der Waals surface area contributed by atoms with Gasteiger partial charge in [-0.05, 0) is 42.2 Å². The van der Waals surface area contributed by atoms with Gasteiger partial charge in [0.05, 0.1) is 12.8 Å². The van der Waals surface area contributed by atoms with E-state index in [1.165, 1.54) is 12.3 Å². The first-order valence-electron chi connectivity index (χ1n) is 8.04. The third kappa shape index (κ3) is 7.07. The highest BCUT2D eigenvalue weighted by molar-refractivity contribution is 7.98. The Hall–Kier alpha value is -2.03. The zero-order valence-electron chi connectivity index (χ0n) is 14.4. The SMILES string of the molecule is CSCCC(NS(=O)(=O)/C=C/c1ccccc1)C(=O)NCc1ccco1. The summed E-state index contributed by atoms with van der Waals surface area (Å²) in [4.78, 5) is 12.4. The van der Waals surface area contributed by atoms with Crippen molar-refractivity contribution in [1.29, 1.82) is 0 Å². The second kappa shape index (κ2) is 10.2. The fourth-order valence-electron chi connectivity index (χ4n) is 2.16. The number of carbonyl (C=O) groups excluding carboxylic acids is 1. The molecule has 1 heterocycles. The number of rotatable bonds is 10. The van der Waals surface area contributed by atoms with Gasteiger partial charge in [-0.15, -0.1) is 0 Å². The van der Waals surface area contributed by atoms with Gasteiger partial charge in [-0.1, -0.05) is 30.3 Å². The van der Waals surface area contributed by atoms with Gasteiger partial charge in [0, 0.05) is 5.41 Å². The fourth-order valence-corrected chi connectivity index (χ4v) is 3.67. The van der Waals surface area contributed by atoms with Crippen molar-refractivity contribution in [2.45, 2.75) is 19.0 Å². The Balaban J connectivity index is 2.00. The molecule has 1 unspecified atom stereocenters. The smallest absolute Gasteiger partial charge is 0.238 e. The molecule has 0 saturated carbocycles. The van der Waals surface area contributed by atoms with E-state index in [-0.39, 0.29) is 12.5 Å². The van der Waals surface area contributed by atoms with Crippen LogP contribution in [0.4, 0.5) is 0 Å². The van der Waals surface area contributed by atoms with Gasteiger partial charge in [0.2, 0.25) is 15.9 Å². The average Bonchev–Trinajstić information content (AvgIpc) is 3.16. The molecular formula is C18H22N2O4S2. The Morgan fingerprint density at radius 2 is 2.00 bits per heavy atom.